The number of carbonyl (C=O) groups is 3. The fourth-order valence-electron chi connectivity index (χ4n) is 8.16. The fourth-order valence-corrected chi connectivity index (χ4v) is 8.82. The van der Waals surface area contributed by atoms with E-state index in [1.54, 1.807) is 112 Å². The van der Waals surface area contributed by atoms with Gasteiger partial charge < -0.3 is 21.7 Å². The highest BCUT2D eigenvalue weighted by Crippen LogP contribution is 2.25. The maximum Gasteiger partial charge on any atom is 0.277 e. The van der Waals surface area contributed by atoms with E-state index in [1.807, 2.05) is 12.1 Å². The molecule has 0 saturated heterocycles. The number of hydrogen-bond acceptors (Lipinski definition) is 13. The molecule has 0 saturated carbocycles. The molecule has 11 rings (SSSR count). The van der Waals surface area contributed by atoms with Crippen molar-refractivity contribution >= 4 is 65.3 Å². The number of nitrogens with zero attached hydrogens (tertiary/aromatic N) is 11. The number of aromatic nitrogens is 11. The quantitative estimate of drug-likeness (QED) is 0.140. The lowest BCUT2D eigenvalue weighted by molar-refractivity contribution is 0.0925. The van der Waals surface area contributed by atoms with Gasteiger partial charge in [-0.25, -0.2) is 29.9 Å². The fraction of sp³-hybridized carbons (Fsp3) is 0.250. The number of nitrogen functional groups attached to an aromatic ring is 1. The van der Waals surface area contributed by atoms with Crippen molar-refractivity contribution in [2.75, 3.05) is 5.73 Å². The van der Waals surface area contributed by atoms with Crippen LogP contribution in [-0.4, -0.2) is 78.5 Å². The van der Waals surface area contributed by atoms with Gasteiger partial charge in [-0.1, -0.05) is 37.2 Å². The number of nitrogens with one attached hydrogen (secondary N) is 3. The molecule has 362 valence electrons. The third-order valence-corrected chi connectivity index (χ3v) is 12.5. The van der Waals surface area contributed by atoms with Gasteiger partial charge in [-0.2, -0.15) is 0 Å². The van der Waals surface area contributed by atoms with Gasteiger partial charge in [0.15, 0.2) is 0 Å². The summed E-state index contributed by atoms with van der Waals surface area (Å²) in [5.74, 6) is 2.74. The van der Waals surface area contributed by atoms with E-state index in [0.29, 0.717) is 45.6 Å². The summed E-state index contributed by atoms with van der Waals surface area (Å²) in [5.41, 5.74) is 9.81. The molecule has 71 heavy (non-hydrogen) atoms. The lowest BCUT2D eigenvalue weighted by Gasteiger charge is -2.21. The van der Waals surface area contributed by atoms with E-state index < -0.39 is 25.1 Å². The topological polar surface area (TPSA) is 267 Å². The molecule has 21 nitrogen and oxygen atoms in total. The van der Waals surface area contributed by atoms with Gasteiger partial charge in [0.1, 0.15) is 94.6 Å². The molecule has 8 aromatic heterocycles. The molecule has 0 atom stereocenters. The lowest BCUT2D eigenvalue weighted by atomic mass is 10.2. The molecule has 3 aliphatic heterocycles. The van der Waals surface area contributed by atoms with Gasteiger partial charge in [0.2, 0.25) is 0 Å². The molecule has 0 unspecified atom stereocenters. The molecule has 23 heteroatoms. The second kappa shape index (κ2) is 18.1. The van der Waals surface area contributed by atoms with Crippen LogP contribution in [0.1, 0.15) is 78.6 Å². The highest BCUT2D eigenvalue weighted by Gasteiger charge is 2.38. The number of carbonyl (C=O) groups excluding carboxylic acids is 3. The molecule has 0 bridgehead atoms. The van der Waals surface area contributed by atoms with E-state index in [9.17, 15) is 28.8 Å². The Morgan fingerprint density at radius 3 is 1.37 bits per heavy atom. The average molecular weight is 995 g/mol. The Labute approximate surface area is 410 Å². The molecule has 11 heterocycles. The number of hydrogen-bond donors (Lipinski definition) is 4. The number of nitrogens with two attached hydrogens (primary N) is 1. The van der Waals surface area contributed by atoms with E-state index in [0.717, 1.165) is 16.3 Å². The van der Waals surface area contributed by atoms with Crippen LogP contribution in [0.15, 0.2) is 113 Å². The summed E-state index contributed by atoms with van der Waals surface area (Å²) in [4.78, 5) is 96.8. The Morgan fingerprint density at radius 1 is 0.549 bits per heavy atom. The number of pyridine rings is 3. The number of rotatable bonds is 2. The first-order chi connectivity index (χ1) is 33.4. The van der Waals surface area contributed by atoms with E-state index in [-0.39, 0.29) is 39.4 Å². The zero-order valence-electron chi connectivity index (χ0n) is 40.1. The smallest absolute Gasteiger partial charge is 0.277 e. The standard InChI is InChI=1S/2C15H13N5O2.C9H9ClN2O2.C9H13N3Si/c2*1-15(2)18-13(21)10-3-4-11(14(22)20(10)15)19-6-5-9-7-16-8-17-12(9)19;1-9(2)11-7(13)6-4-3-5(10)8(14)12(6)9;1-13(2,3)5-4-8-6-11-7-12-9(8)10/h2*3-8H,1-2H3,(H,18,21);3-4H,1-2H3,(H,11,13);6-7H,1-3H3,(H2,10,11,12). The first-order valence-corrected chi connectivity index (χ1v) is 25.8. The molecule has 5 N–H and O–H groups in total. The first-order valence-electron chi connectivity index (χ1n) is 22.0. The monoisotopic (exact) mass is 993 g/mol. The molecular weight excluding hydrogens is 946 g/mol. The third kappa shape index (κ3) is 9.34. The van der Waals surface area contributed by atoms with Crippen LogP contribution in [0.2, 0.25) is 24.7 Å². The van der Waals surface area contributed by atoms with E-state index in [1.165, 1.54) is 38.7 Å². The van der Waals surface area contributed by atoms with E-state index >= 15 is 0 Å². The van der Waals surface area contributed by atoms with Crippen molar-refractivity contribution in [3.63, 3.8) is 0 Å². The maximum absolute atomic E-state index is 12.9. The zero-order valence-corrected chi connectivity index (χ0v) is 41.8. The SMILES string of the molecule is CC1(C)NC(=O)c2ccc(-n3ccc4cncnc43)c(=O)n21.CC1(C)NC(=O)c2ccc(-n3ccc4cncnc43)c(=O)n21.CC1(C)NC(=O)c2ccc(Cl)c(=O)n21.C[Si](C)(C)C#Cc1cncnc1N. The molecule has 0 aromatic carbocycles. The predicted molar refractivity (Wildman–Crippen MR) is 269 cm³/mol. The maximum atomic E-state index is 12.9. The normalized spacial score (nSPS) is 15.2. The van der Waals surface area contributed by atoms with Gasteiger partial charge in [0.25, 0.3) is 34.4 Å². The summed E-state index contributed by atoms with van der Waals surface area (Å²) in [6.45, 7) is 17.2. The summed E-state index contributed by atoms with van der Waals surface area (Å²) in [5, 5.41) is 10.1. The number of fused-ring (bicyclic) bond motifs is 5. The van der Waals surface area contributed by atoms with Crippen molar-refractivity contribution < 1.29 is 14.4 Å². The van der Waals surface area contributed by atoms with Crippen LogP contribution in [-0.2, 0) is 17.0 Å². The van der Waals surface area contributed by atoms with Crippen LogP contribution < -0.4 is 38.4 Å². The highest BCUT2D eigenvalue weighted by molar-refractivity contribution is 6.83. The number of amides is 3. The van der Waals surface area contributed by atoms with Gasteiger partial charge in [0, 0.05) is 41.8 Å². The molecular formula is C48H48ClN15O6Si. The van der Waals surface area contributed by atoms with Crippen molar-refractivity contribution in [2.45, 2.75) is 78.2 Å². The number of halogens is 1. The van der Waals surface area contributed by atoms with Crippen molar-refractivity contribution in [3.05, 3.63) is 157 Å². The van der Waals surface area contributed by atoms with Crippen molar-refractivity contribution in [2.24, 2.45) is 0 Å². The van der Waals surface area contributed by atoms with Gasteiger partial charge in [-0.05, 0) is 90.1 Å². The van der Waals surface area contributed by atoms with Crippen LogP contribution in [0.3, 0.4) is 0 Å². The Kier molecular flexibility index (Phi) is 12.4. The Morgan fingerprint density at radius 2 is 0.944 bits per heavy atom. The highest BCUT2D eigenvalue weighted by atomic mass is 35.5. The van der Waals surface area contributed by atoms with Gasteiger partial charge in [0.05, 0.1) is 5.56 Å². The summed E-state index contributed by atoms with van der Waals surface area (Å²) in [7, 11) is -1.34. The largest absolute Gasteiger partial charge is 0.383 e. The van der Waals surface area contributed by atoms with Crippen molar-refractivity contribution in [1.82, 2.24) is 68.7 Å². The van der Waals surface area contributed by atoms with Crippen molar-refractivity contribution in [3.8, 4) is 22.8 Å². The summed E-state index contributed by atoms with van der Waals surface area (Å²) in [6, 6.07) is 13.3. The molecule has 0 radical (unpaired) electrons. The molecule has 0 spiro atoms. The van der Waals surface area contributed by atoms with Crippen LogP contribution in [0.4, 0.5) is 5.82 Å². The zero-order chi connectivity index (χ0) is 51.4. The van der Waals surface area contributed by atoms with Crippen LogP contribution in [0.25, 0.3) is 33.4 Å². The Balaban J connectivity index is 0.000000131. The molecule has 3 aliphatic rings. The van der Waals surface area contributed by atoms with Gasteiger partial charge >= 0.3 is 0 Å². The minimum Gasteiger partial charge on any atom is -0.383 e. The van der Waals surface area contributed by atoms with Crippen molar-refractivity contribution in [1.29, 1.82) is 0 Å². The van der Waals surface area contributed by atoms with Crippen LogP contribution in [0, 0.1) is 11.5 Å². The molecule has 8 aromatic rings. The Hall–Kier alpha value is -8.55. The van der Waals surface area contributed by atoms with Crippen LogP contribution in [0.5, 0.6) is 0 Å². The van der Waals surface area contributed by atoms with E-state index in [2.05, 4.69) is 77.0 Å². The second-order valence-electron chi connectivity index (χ2n) is 19.0. The first kappa shape index (κ1) is 48.9. The lowest BCUT2D eigenvalue weighted by Crippen LogP contribution is -2.42. The van der Waals surface area contributed by atoms with E-state index in [4.69, 9.17) is 17.3 Å². The third-order valence-electron chi connectivity index (χ3n) is 11.3. The number of anilines is 1. The molecule has 0 fully saturated rings. The minimum absolute atomic E-state index is 0.123. The summed E-state index contributed by atoms with van der Waals surface area (Å²) < 4.78 is 7.77. The Bertz CT molecular complexity index is 3580. The van der Waals surface area contributed by atoms with Gasteiger partial charge in [-0.15, -0.1) is 5.54 Å². The minimum atomic E-state index is -1.34. The molecule has 3 amide bonds. The van der Waals surface area contributed by atoms with Crippen LogP contribution >= 0.6 is 11.6 Å². The second-order valence-corrected chi connectivity index (χ2v) is 24.2. The summed E-state index contributed by atoms with van der Waals surface area (Å²) >= 11 is 5.69. The summed E-state index contributed by atoms with van der Waals surface area (Å²) in [6.07, 6.45) is 12.9. The van der Waals surface area contributed by atoms with Gasteiger partial charge in [-0.3, -0.25) is 51.6 Å². The molecule has 0 aliphatic carbocycles. The predicted octanol–water partition coefficient (Wildman–Crippen LogP) is 4.26. The average Bonchev–Trinajstić information content (AvgIpc) is 4.09.